The van der Waals surface area contributed by atoms with E-state index in [2.05, 4.69) is 41.4 Å². The third kappa shape index (κ3) is 5.91. The SMILES string of the molecule is CCc1ccc([C@@H](CNC(=O)[C@@H]2CCCN(C(=O)c3ccc(F)cc3)C2)N(C)C)cc1. The minimum Gasteiger partial charge on any atom is -0.354 e. The van der Waals surface area contributed by atoms with E-state index in [4.69, 9.17) is 0 Å². The smallest absolute Gasteiger partial charge is 0.253 e. The lowest BCUT2D eigenvalue weighted by Crippen LogP contribution is -2.46. The van der Waals surface area contributed by atoms with Gasteiger partial charge in [-0.1, -0.05) is 31.2 Å². The van der Waals surface area contributed by atoms with Crippen LogP contribution in [0.1, 0.15) is 47.3 Å². The highest BCUT2D eigenvalue weighted by Crippen LogP contribution is 2.21. The molecule has 0 bridgehead atoms. The van der Waals surface area contributed by atoms with E-state index < -0.39 is 0 Å². The summed E-state index contributed by atoms with van der Waals surface area (Å²) in [5, 5.41) is 3.10. The first-order valence-corrected chi connectivity index (χ1v) is 11.0. The molecule has 5 nitrogen and oxygen atoms in total. The number of rotatable bonds is 7. The van der Waals surface area contributed by atoms with E-state index in [1.807, 2.05) is 14.1 Å². The normalized spacial score (nSPS) is 17.5. The van der Waals surface area contributed by atoms with Crippen LogP contribution in [-0.4, -0.2) is 55.3 Å². The lowest BCUT2D eigenvalue weighted by molar-refractivity contribution is -0.126. The summed E-state index contributed by atoms with van der Waals surface area (Å²) < 4.78 is 13.1. The fourth-order valence-corrected chi connectivity index (χ4v) is 4.07. The molecule has 1 aliphatic heterocycles. The molecule has 0 aliphatic carbocycles. The molecule has 2 aromatic rings. The van der Waals surface area contributed by atoms with Crippen LogP contribution in [0.4, 0.5) is 4.39 Å². The maximum absolute atomic E-state index is 13.1. The molecule has 6 heteroatoms. The van der Waals surface area contributed by atoms with Gasteiger partial charge in [-0.25, -0.2) is 4.39 Å². The van der Waals surface area contributed by atoms with Gasteiger partial charge >= 0.3 is 0 Å². The molecule has 1 saturated heterocycles. The van der Waals surface area contributed by atoms with Crippen molar-refractivity contribution < 1.29 is 14.0 Å². The van der Waals surface area contributed by atoms with Gasteiger partial charge in [-0.2, -0.15) is 0 Å². The summed E-state index contributed by atoms with van der Waals surface area (Å²) in [5.74, 6) is -0.774. The minimum absolute atomic E-state index is 0.0198. The number of halogens is 1. The highest BCUT2D eigenvalue weighted by molar-refractivity contribution is 5.94. The van der Waals surface area contributed by atoms with E-state index in [1.165, 1.54) is 35.4 Å². The van der Waals surface area contributed by atoms with Gasteiger partial charge in [0.25, 0.3) is 5.91 Å². The quantitative estimate of drug-likeness (QED) is 0.737. The molecular formula is C25H32FN3O2. The van der Waals surface area contributed by atoms with Crippen molar-refractivity contribution in [2.24, 2.45) is 5.92 Å². The molecule has 0 spiro atoms. The van der Waals surface area contributed by atoms with Crippen molar-refractivity contribution >= 4 is 11.8 Å². The van der Waals surface area contributed by atoms with Crippen LogP contribution in [0.2, 0.25) is 0 Å². The number of hydrogen-bond donors (Lipinski definition) is 1. The lowest BCUT2D eigenvalue weighted by atomic mass is 9.96. The molecule has 2 aromatic carbocycles. The Morgan fingerprint density at radius 2 is 1.81 bits per heavy atom. The number of nitrogens with zero attached hydrogens (tertiary/aromatic N) is 2. The van der Waals surface area contributed by atoms with Crippen molar-refractivity contribution in [1.82, 2.24) is 15.1 Å². The summed E-state index contributed by atoms with van der Waals surface area (Å²) in [7, 11) is 4.02. The number of benzene rings is 2. The van der Waals surface area contributed by atoms with Crippen LogP contribution in [0.3, 0.4) is 0 Å². The Morgan fingerprint density at radius 1 is 1.13 bits per heavy atom. The Bertz CT molecular complexity index is 881. The highest BCUT2D eigenvalue weighted by atomic mass is 19.1. The molecule has 1 heterocycles. The largest absolute Gasteiger partial charge is 0.354 e. The van der Waals surface area contributed by atoms with Crippen LogP contribution in [0.5, 0.6) is 0 Å². The first-order chi connectivity index (χ1) is 14.9. The average molecular weight is 426 g/mol. The molecule has 0 aromatic heterocycles. The molecule has 3 rings (SSSR count). The second-order valence-electron chi connectivity index (χ2n) is 8.42. The van der Waals surface area contributed by atoms with E-state index in [0.29, 0.717) is 25.2 Å². The molecule has 166 valence electrons. The highest BCUT2D eigenvalue weighted by Gasteiger charge is 2.29. The summed E-state index contributed by atoms with van der Waals surface area (Å²) in [5.41, 5.74) is 2.91. The zero-order valence-electron chi connectivity index (χ0n) is 18.6. The van der Waals surface area contributed by atoms with E-state index >= 15 is 0 Å². The van der Waals surface area contributed by atoms with Gasteiger partial charge < -0.3 is 15.1 Å². The number of nitrogens with one attached hydrogen (secondary N) is 1. The number of aryl methyl sites for hydroxylation is 1. The van der Waals surface area contributed by atoms with E-state index in [-0.39, 0.29) is 29.6 Å². The fourth-order valence-electron chi connectivity index (χ4n) is 4.07. The molecular weight excluding hydrogens is 393 g/mol. The molecule has 2 amide bonds. The monoisotopic (exact) mass is 425 g/mol. The van der Waals surface area contributed by atoms with Crippen molar-refractivity contribution in [3.63, 3.8) is 0 Å². The number of likely N-dealkylation sites (tertiary alicyclic amines) is 1. The standard InChI is InChI=1S/C25H32FN3O2/c1-4-18-7-9-19(10-8-18)23(28(2)3)16-27-24(30)21-6-5-15-29(17-21)25(31)20-11-13-22(26)14-12-20/h7-14,21,23H,4-6,15-17H2,1-3H3,(H,27,30)/t21-,23-/m1/s1. The summed E-state index contributed by atoms with van der Waals surface area (Å²) in [6, 6.07) is 14.2. The van der Waals surface area contributed by atoms with E-state index in [1.54, 1.807) is 4.90 Å². The number of likely N-dealkylation sites (N-methyl/N-ethyl adjacent to an activating group) is 1. The van der Waals surface area contributed by atoms with Gasteiger partial charge in [0.05, 0.1) is 12.0 Å². The average Bonchev–Trinajstić information content (AvgIpc) is 2.79. The summed E-state index contributed by atoms with van der Waals surface area (Å²) in [6.07, 6.45) is 2.54. The van der Waals surface area contributed by atoms with Crippen molar-refractivity contribution in [2.45, 2.75) is 32.2 Å². The molecule has 31 heavy (non-hydrogen) atoms. The molecule has 1 aliphatic rings. The number of carbonyl (C=O) groups excluding carboxylic acids is 2. The van der Waals surface area contributed by atoms with Crippen molar-refractivity contribution in [1.29, 1.82) is 0 Å². The maximum Gasteiger partial charge on any atom is 0.253 e. The number of carbonyl (C=O) groups is 2. The first kappa shape index (κ1) is 22.9. The number of hydrogen-bond acceptors (Lipinski definition) is 3. The molecule has 1 N–H and O–H groups in total. The topological polar surface area (TPSA) is 52.7 Å². The molecule has 1 fully saturated rings. The van der Waals surface area contributed by atoms with Gasteiger partial charge in [-0.15, -0.1) is 0 Å². The van der Waals surface area contributed by atoms with Crippen LogP contribution in [0.15, 0.2) is 48.5 Å². The minimum atomic E-state index is -0.368. The third-order valence-corrected chi connectivity index (χ3v) is 6.04. The number of piperidine rings is 1. The molecule has 2 atom stereocenters. The van der Waals surface area contributed by atoms with Crippen molar-refractivity contribution in [2.75, 3.05) is 33.7 Å². The van der Waals surface area contributed by atoms with Crippen molar-refractivity contribution in [3.05, 3.63) is 71.0 Å². The summed E-state index contributed by atoms with van der Waals surface area (Å²) in [4.78, 5) is 29.4. The Kier molecular flexibility index (Phi) is 7.80. The zero-order chi connectivity index (χ0) is 22.4. The van der Waals surface area contributed by atoms with E-state index in [0.717, 1.165) is 19.3 Å². The van der Waals surface area contributed by atoms with E-state index in [9.17, 15) is 14.0 Å². The lowest BCUT2D eigenvalue weighted by Gasteiger charge is -2.33. The van der Waals surface area contributed by atoms with Gasteiger partial charge in [0.1, 0.15) is 5.82 Å². The van der Waals surface area contributed by atoms with Crippen LogP contribution in [0.25, 0.3) is 0 Å². The van der Waals surface area contributed by atoms with Crippen LogP contribution in [-0.2, 0) is 11.2 Å². The van der Waals surface area contributed by atoms with Crippen molar-refractivity contribution in [3.8, 4) is 0 Å². The second-order valence-corrected chi connectivity index (χ2v) is 8.42. The number of amides is 2. The molecule has 0 radical (unpaired) electrons. The van der Waals surface area contributed by atoms with Gasteiger partial charge in [0.2, 0.25) is 5.91 Å². The van der Waals surface area contributed by atoms with Gasteiger partial charge in [0, 0.05) is 25.2 Å². The Balaban J connectivity index is 1.59. The fraction of sp³-hybridized carbons (Fsp3) is 0.440. The third-order valence-electron chi connectivity index (χ3n) is 6.04. The van der Waals surface area contributed by atoms with Crippen LogP contribution in [0, 0.1) is 11.7 Å². The van der Waals surface area contributed by atoms with Crippen LogP contribution < -0.4 is 5.32 Å². The Hall–Kier alpha value is -2.73. The maximum atomic E-state index is 13.1. The predicted molar refractivity (Wildman–Crippen MR) is 120 cm³/mol. The Labute approximate surface area is 184 Å². The first-order valence-electron chi connectivity index (χ1n) is 11.0. The van der Waals surface area contributed by atoms with Gasteiger partial charge in [-0.3, -0.25) is 9.59 Å². The van der Waals surface area contributed by atoms with Gasteiger partial charge in [-0.05, 0) is 68.8 Å². The summed E-state index contributed by atoms with van der Waals surface area (Å²) >= 11 is 0. The molecule has 0 saturated carbocycles. The van der Waals surface area contributed by atoms with Crippen LogP contribution >= 0.6 is 0 Å². The second kappa shape index (κ2) is 10.5. The Morgan fingerprint density at radius 3 is 2.42 bits per heavy atom. The zero-order valence-corrected chi connectivity index (χ0v) is 18.6. The molecule has 0 unspecified atom stereocenters. The predicted octanol–water partition coefficient (Wildman–Crippen LogP) is 3.66. The summed E-state index contributed by atoms with van der Waals surface area (Å²) in [6.45, 7) is 3.65. The van der Waals surface area contributed by atoms with Gasteiger partial charge in [0.15, 0.2) is 0 Å².